The maximum absolute atomic E-state index is 13.8. The lowest BCUT2D eigenvalue weighted by Crippen LogP contribution is -2.67. The zero-order valence-electron chi connectivity index (χ0n) is 21.3. The van der Waals surface area contributed by atoms with Crippen molar-refractivity contribution in [3.63, 3.8) is 0 Å². The summed E-state index contributed by atoms with van der Waals surface area (Å²) >= 11 is 31.4. The number of nitrogens with zero attached hydrogens (tertiary/aromatic N) is 2. The van der Waals surface area contributed by atoms with Crippen molar-refractivity contribution in [2.24, 2.45) is 0 Å². The van der Waals surface area contributed by atoms with E-state index in [0.29, 0.717) is 33.5 Å². The minimum atomic E-state index is -1.29. The third kappa shape index (κ3) is 4.08. The molecule has 0 aliphatic carbocycles. The number of hydrogen-bond donors (Lipinski definition) is 0. The predicted molar refractivity (Wildman–Crippen MR) is 153 cm³/mol. The van der Waals surface area contributed by atoms with Gasteiger partial charge in [-0.25, -0.2) is 0 Å². The van der Waals surface area contributed by atoms with Crippen molar-refractivity contribution in [2.45, 2.75) is 19.0 Å². The smallest absolute Gasteiger partial charge is 0.264 e. The Bertz CT molecular complexity index is 1560. The Morgan fingerprint density at radius 2 is 1.20 bits per heavy atom. The molecule has 40 heavy (non-hydrogen) atoms. The monoisotopic (exact) mass is 642 g/mol. The Hall–Kier alpha value is -2.88. The Labute approximate surface area is 254 Å². The number of imide groups is 1. The van der Waals surface area contributed by atoms with Crippen molar-refractivity contribution >= 4 is 81.4 Å². The van der Waals surface area contributed by atoms with Gasteiger partial charge in [0.2, 0.25) is 5.75 Å². The van der Waals surface area contributed by atoms with Gasteiger partial charge in [-0.3, -0.25) is 19.3 Å². The summed E-state index contributed by atoms with van der Waals surface area (Å²) < 4.78 is 16.5. The van der Waals surface area contributed by atoms with E-state index in [1.54, 1.807) is 30.3 Å². The molecule has 2 atom stereocenters. The van der Waals surface area contributed by atoms with Crippen LogP contribution in [0.3, 0.4) is 0 Å². The molecule has 208 valence electrons. The standard InChI is InChI=1S/C27H19Cl5N2O6/c1-10-5-6-12(9-13(10)28)33-22(11-7-14(38-2)24(40-4)15(8-11)39-3)23(27(33)37)34-25(35)16-17(26(34)36)19(30)21(32)20(31)18(16)29/h5-9,22-23H,1-4H3/t22-,23-/m1/s1. The number of carbonyl (C=O) groups excluding carboxylic acids is 3. The maximum atomic E-state index is 13.8. The lowest BCUT2D eigenvalue weighted by atomic mass is 9.85. The highest BCUT2D eigenvalue weighted by molar-refractivity contribution is 6.55. The summed E-state index contributed by atoms with van der Waals surface area (Å²) in [4.78, 5) is 43.5. The molecule has 13 heteroatoms. The molecule has 0 unspecified atom stereocenters. The number of rotatable bonds is 6. The number of amides is 3. The van der Waals surface area contributed by atoms with Crippen molar-refractivity contribution in [2.75, 3.05) is 26.2 Å². The fourth-order valence-electron chi connectivity index (χ4n) is 4.97. The number of benzene rings is 3. The molecule has 0 radical (unpaired) electrons. The molecular formula is C27H19Cl5N2O6. The van der Waals surface area contributed by atoms with Crippen LogP contribution in [0.4, 0.5) is 5.69 Å². The van der Waals surface area contributed by atoms with Gasteiger partial charge >= 0.3 is 0 Å². The largest absolute Gasteiger partial charge is 0.493 e. The second-order valence-electron chi connectivity index (χ2n) is 8.98. The number of aryl methyl sites for hydroxylation is 1. The number of anilines is 1. The van der Waals surface area contributed by atoms with Crippen molar-refractivity contribution in [3.8, 4) is 17.2 Å². The van der Waals surface area contributed by atoms with Crippen molar-refractivity contribution < 1.29 is 28.6 Å². The number of fused-ring (bicyclic) bond motifs is 1. The third-order valence-corrected chi connectivity index (χ3v) is 9.15. The van der Waals surface area contributed by atoms with E-state index in [1.165, 1.54) is 26.2 Å². The first kappa shape index (κ1) is 28.6. The van der Waals surface area contributed by atoms with Gasteiger partial charge in [-0.15, -0.1) is 0 Å². The number of halogens is 5. The van der Waals surface area contributed by atoms with Gasteiger partial charge in [0.25, 0.3) is 17.7 Å². The van der Waals surface area contributed by atoms with Crippen LogP contribution in [0.5, 0.6) is 17.2 Å². The van der Waals surface area contributed by atoms with Crippen LogP contribution >= 0.6 is 58.0 Å². The van der Waals surface area contributed by atoms with E-state index >= 15 is 0 Å². The summed E-state index contributed by atoms with van der Waals surface area (Å²) in [5.41, 5.74) is 1.30. The number of methoxy groups -OCH3 is 3. The van der Waals surface area contributed by atoms with E-state index in [9.17, 15) is 14.4 Å². The normalized spacial score (nSPS) is 18.2. The van der Waals surface area contributed by atoms with E-state index in [2.05, 4.69) is 0 Å². The summed E-state index contributed by atoms with van der Waals surface area (Å²) in [6.07, 6.45) is 0. The minimum absolute atomic E-state index is 0.174. The Morgan fingerprint density at radius 3 is 1.65 bits per heavy atom. The maximum Gasteiger partial charge on any atom is 0.264 e. The minimum Gasteiger partial charge on any atom is -0.493 e. The molecule has 8 nitrogen and oxygen atoms in total. The van der Waals surface area contributed by atoms with Crippen LogP contribution in [-0.4, -0.2) is 50.0 Å². The molecule has 2 aliphatic rings. The van der Waals surface area contributed by atoms with E-state index in [1.807, 2.05) is 6.92 Å². The molecule has 0 N–H and O–H groups in total. The van der Waals surface area contributed by atoms with Crippen LogP contribution in [0.2, 0.25) is 25.1 Å². The van der Waals surface area contributed by atoms with Crippen molar-refractivity contribution in [3.05, 3.63) is 77.7 Å². The van der Waals surface area contributed by atoms with Crippen molar-refractivity contribution in [1.82, 2.24) is 4.90 Å². The van der Waals surface area contributed by atoms with Crippen LogP contribution < -0.4 is 19.1 Å². The van der Waals surface area contributed by atoms with Gasteiger partial charge in [-0.2, -0.15) is 0 Å². The van der Waals surface area contributed by atoms with Crippen molar-refractivity contribution in [1.29, 1.82) is 0 Å². The molecule has 5 rings (SSSR count). The van der Waals surface area contributed by atoms with E-state index in [4.69, 9.17) is 72.2 Å². The zero-order valence-corrected chi connectivity index (χ0v) is 25.1. The number of hydrogen-bond acceptors (Lipinski definition) is 6. The molecule has 3 aromatic rings. The highest BCUT2D eigenvalue weighted by atomic mass is 35.5. The van der Waals surface area contributed by atoms with Gasteiger partial charge < -0.3 is 19.1 Å². The first-order chi connectivity index (χ1) is 19.0. The van der Waals surface area contributed by atoms with Gasteiger partial charge in [0.1, 0.15) is 6.04 Å². The van der Waals surface area contributed by atoms with Crippen LogP contribution in [0.25, 0.3) is 0 Å². The lowest BCUT2D eigenvalue weighted by Gasteiger charge is -2.50. The predicted octanol–water partition coefficient (Wildman–Crippen LogP) is 7.04. The fraction of sp³-hybridized carbons (Fsp3) is 0.222. The molecule has 1 saturated heterocycles. The first-order valence-electron chi connectivity index (χ1n) is 11.6. The SMILES string of the molecule is COc1cc([C@@H]2[C@@H](N3C(=O)c4c(Cl)c(Cl)c(Cl)c(Cl)c4C3=O)C(=O)N2c2ccc(C)c(Cl)c2)cc(OC)c1OC. The van der Waals surface area contributed by atoms with E-state index in [0.717, 1.165) is 10.5 Å². The van der Waals surface area contributed by atoms with Crippen LogP contribution in [0.1, 0.15) is 37.9 Å². The molecule has 2 heterocycles. The molecule has 3 amide bonds. The molecule has 0 spiro atoms. The second kappa shape index (κ2) is 10.5. The molecule has 0 aromatic heterocycles. The zero-order chi connectivity index (χ0) is 29.2. The van der Waals surface area contributed by atoms with Gasteiger partial charge in [-0.05, 0) is 42.3 Å². The molecule has 3 aromatic carbocycles. The molecule has 0 bridgehead atoms. The summed E-state index contributed by atoms with van der Waals surface area (Å²) in [5.74, 6) is -1.26. The molecular weight excluding hydrogens is 626 g/mol. The van der Waals surface area contributed by atoms with E-state index < -0.39 is 29.8 Å². The third-order valence-electron chi connectivity index (χ3n) is 6.94. The first-order valence-corrected chi connectivity index (χ1v) is 13.5. The van der Waals surface area contributed by atoms with Crippen LogP contribution in [0.15, 0.2) is 30.3 Å². The van der Waals surface area contributed by atoms with Gasteiger partial charge in [0.05, 0.1) is 58.6 Å². The molecule has 2 aliphatic heterocycles. The highest BCUT2D eigenvalue weighted by Crippen LogP contribution is 2.51. The quantitative estimate of drug-likeness (QED) is 0.124. The Morgan fingerprint density at radius 1 is 0.675 bits per heavy atom. The molecule has 1 fully saturated rings. The van der Waals surface area contributed by atoms with Crippen LogP contribution in [-0.2, 0) is 4.79 Å². The summed E-state index contributed by atoms with van der Waals surface area (Å²) in [7, 11) is 4.35. The Balaban J connectivity index is 1.70. The average molecular weight is 645 g/mol. The van der Waals surface area contributed by atoms with Gasteiger partial charge in [-0.1, -0.05) is 64.1 Å². The van der Waals surface area contributed by atoms with Gasteiger partial charge in [0, 0.05) is 10.7 Å². The van der Waals surface area contributed by atoms with Crippen LogP contribution in [0, 0.1) is 6.92 Å². The Kier molecular flexibility index (Phi) is 7.52. The number of β-lactam (4-membered cyclic amide) rings is 1. The number of ether oxygens (including phenoxy) is 3. The topological polar surface area (TPSA) is 85.4 Å². The fourth-order valence-corrected chi connectivity index (χ4v) is 6.16. The summed E-state index contributed by atoms with van der Waals surface area (Å²) in [5, 5.41) is -0.379. The average Bonchev–Trinajstić information content (AvgIpc) is 3.19. The highest BCUT2D eigenvalue weighted by Gasteiger charge is 2.58. The number of carbonyl (C=O) groups is 3. The lowest BCUT2D eigenvalue weighted by molar-refractivity contribution is -0.130. The van der Waals surface area contributed by atoms with Gasteiger partial charge in [0.15, 0.2) is 11.5 Å². The summed E-state index contributed by atoms with van der Waals surface area (Å²) in [6, 6.07) is 6.21. The second-order valence-corrected chi connectivity index (χ2v) is 10.9. The van der Waals surface area contributed by atoms with E-state index in [-0.39, 0.29) is 31.2 Å². The molecule has 0 saturated carbocycles. The summed E-state index contributed by atoms with van der Waals surface area (Å²) in [6.45, 7) is 1.83.